The monoisotopic (exact) mass is 917 g/mol. The minimum absolute atomic E-state index is 0.0305. The summed E-state index contributed by atoms with van der Waals surface area (Å²) < 4.78 is 64.0. The van der Waals surface area contributed by atoms with Gasteiger partial charge in [-0.2, -0.15) is 16.8 Å². The Kier molecular flexibility index (Phi) is 17.3. The zero-order valence-corrected chi connectivity index (χ0v) is 38.1. The van der Waals surface area contributed by atoms with Crippen LogP contribution in [-0.4, -0.2) is 92.0 Å². The zero-order chi connectivity index (χ0) is 45.7. The molecule has 3 aromatic carbocycles. The van der Waals surface area contributed by atoms with Crippen molar-refractivity contribution in [1.29, 1.82) is 0 Å². The van der Waals surface area contributed by atoms with Crippen molar-refractivity contribution in [2.45, 2.75) is 64.2 Å². The fraction of sp³-hybridized carbons (Fsp3) is 0.348. The summed E-state index contributed by atoms with van der Waals surface area (Å²) in [6, 6.07) is 19.7. The number of carbonyl (C=O) groups excluding carboxylic acids is 3. The summed E-state index contributed by atoms with van der Waals surface area (Å²) in [5.74, 6) is -2.31. The lowest BCUT2D eigenvalue weighted by Gasteiger charge is -2.29. The molecule has 1 atom stereocenters. The number of thioether (sulfide) groups is 1. The number of allylic oxidation sites excluding steroid dienone is 7. The van der Waals surface area contributed by atoms with E-state index in [4.69, 9.17) is 10.3 Å². The van der Waals surface area contributed by atoms with E-state index in [2.05, 4.69) is 40.3 Å². The van der Waals surface area contributed by atoms with Crippen molar-refractivity contribution in [1.82, 2.24) is 10.2 Å². The molecule has 0 radical (unpaired) electrons. The van der Waals surface area contributed by atoms with E-state index < -0.39 is 38.0 Å². The number of rotatable bonds is 21. The van der Waals surface area contributed by atoms with Crippen LogP contribution in [0.3, 0.4) is 0 Å². The smallest absolute Gasteiger partial charge is 0.264 e. The number of aliphatic imine (C=N–C) groups is 1. The summed E-state index contributed by atoms with van der Waals surface area (Å²) in [7, 11) is -8.18. The molecule has 1 unspecified atom stereocenters. The van der Waals surface area contributed by atoms with Crippen LogP contribution < -0.4 is 16.0 Å². The van der Waals surface area contributed by atoms with Gasteiger partial charge in [0.15, 0.2) is 0 Å². The molecule has 3 aromatic rings. The van der Waals surface area contributed by atoms with Crippen LogP contribution in [0.25, 0.3) is 10.8 Å². The Labute approximate surface area is 374 Å². The molecule has 5 rings (SSSR count). The third-order valence-corrected chi connectivity index (χ3v) is 13.5. The van der Waals surface area contributed by atoms with Crippen molar-refractivity contribution >= 4 is 77.6 Å². The maximum atomic E-state index is 14.0. The van der Waals surface area contributed by atoms with Crippen LogP contribution >= 0.6 is 11.8 Å². The molecule has 0 aromatic heterocycles. The summed E-state index contributed by atoms with van der Waals surface area (Å²) in [5, 5.41) is 5.10. The number of anilines is 2. The Bertz CT molecular complexity index is 2580. The van der Waals surface area contributed by atoms with Gasteiger partial charge >= 0.3 is 0 Å². The van der Waals surface area contributed by atoms with Crippen LogP contribution in [-0.2, 0) is 34.6 Å². The molecule has 0 bridgehead atoms. The Morgan fingerprint density at radius 2 is 1.59 bits per heavy atom. The number of nitrogens with zero attached hydrogens (tertiary/aromatic N) is 3. The summed E-state index contributed by atoms with van der Waals surface area (Å²) >= 11 is 1.54. The summed E-state index contributed by atoms with van der Waals surface area (Å²) in [5.41, 5.74) is 11.9. The van der Waals surface area contributed by atoms with Gasteiger partial charge in [0.25, 0.3) is 32.1 Å². The molecule has 63 heavy (non-hydrogen) atoms. The molecule has 0 spiro atoms. The molecular weight excluding hydrogens is 863 g/mol. The van der Waals surface area contributed by atoms with Gasteiger partial charge in [-0.1, -0.05) is 54.2 Å². The van der Waals surface area contributed by atoms with E-state index in [0.717, 1.165) is 53.6 Å². The van der Waals surface area contributed by atoms with Gasteiger partial charge in [-0.25, -0.2) is 0 Å². The Hall–Kier alpha value is -5.33. The highest BCUT2D eigenvalue weighted by molar-refractivity contribution is 8.03. The van der Waals surface area contributed by atoms with Crippen LogP contribution in [0.2, 0.25) is 0 Å². The topological polar surface area (TPSA) is 217 Å². The van der Waals surface area contributed by atoms with E-state index in [1.165, 1.54) is 23.9 Å². The Balaban J connectivity index is 1.54. The highest BCUT2D eigenvalue weighted by Crippen LogP contribution is 2.44. The van der Waals surface area contributed by atoms with E-state index in [1.54, 1.807) is 0 Å². The van der Waals surface area contributed by atoms with Gasteiger partial charge in [0.1, 0.15) is 0 Å². The van der Waals surface area contributed by atoms with Crippen LogP contribution in [0.5, 0.6) is 0 Å². The first-order valence-electron chi connectivity index (χ1n) is 20.7. The first kappa shape index (κ1) is 48.7. The number of fused-ring (bicyclic) bond motifs is 1. The van der Waals surface area contributed by atoms with E-state index >= 15 is 0 Å². The van der Waals surface area contributed by atoms with E-state index in [-0.39, 0.29) is 43.3 Å². The number of benzene rings is 3. The van der Waals surface area contributed by atoms with Gasteiger partial charge < -0.3 is 16.0 Å². The zero-order valence-electron chi connectivity index (χ0n) is 35.7. The number of aryl methyl sites for hydroxylation is 1. The van der Waals surface area contributed by atoms with Gasteiger partial charge in [-0.05, 0) is 129 Å². The third-order valence-electron chi connectivity index (χ3n) is 10.7. The van der Waals surface area contributed by atoms with Crippen molar-refractivity contribution < 1.29 is 40.3 Å². The number of carbonyl (C=O) groups is 3. The van der Waals surface area contributed by atoms with Crippen molar-refractivity contribution in [2.24, 2.45) is 10.9 Å². The lowest BCUT2D eigenvalue weighted by Crippen LogP contribution is -2.40. The molecule has 1 aliphatic carbocycles. The molecule has 2 aliphatic rings. The predicted octanol–water partition coefficient (Wildman–Crippen LogP) is 7.22. The number of nitrogens with one attached hydrogen (secondary N) is 1. The number of imide groups is 1. The second-order valence-electron chi connectivity index (χ2n) is 15.5. The van der Waals surface area contributed by atoms with Gasteiger partial charge in [-0.3, -0.25) is 33.4 Å². The molecule has 17 heteroatoms. The number of hydrogen-bond donors (Lipinski definition) is 4. The van der Waals surface area contributed by atoms with Crippen LogP contribution in [0.4, 0.5) is 11.4 Å². The lowest BCUT2D eigenvalue weighted by molar-refractivity contribution is -0.137. The largest absolute Gasteiger partial charge is 0.399 e. The highest BCUT2D eigenvalue weighted by Gasteiger charge is 2.30. The summed E-state index contributed by atoms with van der Waals surface area (Å²) in [6.07, 6.45) is 12.4. The van der Waals surface area contributed by atoms with Crippen molar-refractivity contribution in [3.05, 3.63) is 124 Å². The highest BCUT2D eigenvalue weighted by atomic mass is 32.2. The second-order valence-corrected chi connectivity index (χ2v) is 19.7. The molecule has 1 heterocycles. The van der Waals surface area contributed by atoms with Gasteiger partial charge in [0, 0.05) is 76.8 Å². The SMILES string of the molecule is CC(/C=C/C1=C(Sc2ccc(N)cc2)C(=C/C=C(\C)N(CCCCS(=O)(=O)O)c2ccc3ccccc3c2C)/CC(C(=O)NCCN2C(=O)C=CC2=O)C1)=N/CCCCS(=O)(=O)O. The van der Waals surface area contributed by atoms with Gasteiger partial charge in [-0.15, -0.1) is 0 Å². The number of nitrogen functional groups attached to an aromatic ring is 1. The molecule has 336 valence electrons. The fourth-order valence-corrected chi connectivity index (χ4v) is 9.54. The van der Waals surface area contributed by atoms with Crippen LogP contribution in [0.1, 0.15) is 57.9 Å². The Morgan fingerprint density at radius 3 is 2.27 bits per heavy atom. The molecule has 1 aliphatic heterocycles. The predicted molar refractivity (Wildman–Crippen MR) is 252 cm³/mol. The maximum absolute atomic E-state index is 14.0. The lowest BCUT2D eigenvalue weighted by atomic mass is 9.84. The third kappa shape index (κ3) is 14.9. The molecule has 14 nitrogen and oxygen atoms in total. The van der Waals surface area contributed by atoms with Crippen molar-refractivity contribution in [3.63, 3.8) is 0 Å². The van der Waals surface area contributed by atoms with Crippen molar-refractivity contribution in [2.75, 3.05) is 48.3 Å². The van der Waals surface area contributed by atoms with Gasteiger partial charge in [0.2, 0.25) is 5.91 Å². The molecule has 5 N–H and O–H groups in total. The standard InChI is InChI=1S/C46H55N5O9S3/c1-32(48-24-6-8-28-62(55,56)57)12-14-36-30-38(46(54)49-25-27-51-43(52)22-23-44(51)53)31-37(45(36)61-40-19-17-39(47)18-20-40)15-13-33(2)50(26-7-9-29-63(58,59)60)42-21-16-35-10-4-5-11-41(35)34(42)3/h4-5,10-23,38H,6-9,24-31,47H2,1-3H3,(H,49,54)(H,55,56,57)(H,58,59,60)/b14-12+,33-13+,37-15+,48-32-. The molecule has 0 saturated heterocycles. The second kappa shape index (κ2) is 22.3. The van der Waals surface area contributed by atoms with E-state index in [1.807, 2.05) is 80.6 Å². The number of unbranched alkanes of at least 4 members (excludes halogenated alkanes) is 2. The molecule has 3 amide bonds. The fourth-order valence-electron chi connectivity index (χ4n) is 7.33. The first-order chi connectivity index (χ1) is 29.9. The van der Waals surface area contributed by atoms with E-state index in [0.29, 0.717) is 50.2 Å². The average molecular weight is 918 g/mol. The molecule has 0 fully saturated rings. The minimum atomic E-state index is -4.12. The minimum Gasteiger partial charge on any atom is -0.399 e. The van der Waals surface area contributed by atoms with Crippen LogP contribution in [0.15, 0.2) is 129 Å². The number of hydrogen-bond acceptors (Lipinski definition) is 11. The molecule has 0 saturated carbocycles. The quantitative estimate of drug-likeness (QED) is 0.0274. The number of nitrogens with two attached hydrogens (primary N) is 1. The van der Waals surface area contributed by atoms with E-state index in [9.17, 15) is 35.8 Å². The average Bonchev–Trinajstić information content (AvgIpc) is 3.55. The summed E-state index contributed by atoms with van der Waals surface area (Å²) in [6.45, 7) is 6.80. The number of amides is 3. The van der Waals surface area contributed by atoms with Crippen LogP contribution in [0, 0.1) is 12.8 Å². The Morgan fingerprint density at radius 1 is 0.921 bits per heavy atom. The van der Waals surface area contributed by atoms with Gasteiger partial charge in [0.05, 0.1) is 11.5 Å². The summed E-state index contributed by atoms with van der Waals surface area (Å²) in [4.78, 5) is 47.9. The normalized spacial score (nSPS) is 17.2. The maximum Gasteiger partial charge on any atom is 0.264 e. The van der Waals surface area contributed by atoms with Crippen molar-refractivity contribution in [3.8, 4) is 0 Å². The molecular formula is C46H55N5O9S3. The first-order valence-corrected chi connectivity index (χ1v) is 24.7.